The van der Waals surface area contributed by atoms with Crippen LogP contribution in [-0.4, -0.2) is 15.6 Å². The Bertz CT molecular complexity index is 818. The molecule has 0 bridgehead atoms. The molecule has 0 saturated carbocycles. The Morgan fingerprint density at radius 2 is 2.04 bits per heavy atom. The number of amides is 1. The summed E-state index contributed by atoms with van der Waals surface area (Å²) >= 11 is 0. The molecule has 0 unspecified atom stereocenters. The summed E-state index contributed by atoms with van der Waals surface area (Å²) in [5.41, 5.74) is 2.58. The fourth-order valence-electron chi connectivity index (χ4n) is 2.43. The van der Waals surface area contributed by atoms with Crippen LogP contribution in [-0.2, 0) is 11.2 Å². The van der Waals surface area contributed by atoms with Gasteiger partial charge in [-0.15, -0.1) is 0 Å². The number of rotatable bonds is 4. The number of hydrogen-bond acceptors (Lipinski definition) is 3. The van der Waals surface area contributed by atoms with E-state index in [0.717, 1.165) is 5.56 Å². The van der Waals surface area contributed by atoms with Crippen LogP contribution >= 0.6 is 0 Å². The highest BCUT2D eigenvalue weighted by atomic mass is 19.1. The standard InChI is InChI=1S/C17H16FN3O2/c1-11-14(12(2)23-20-11)10-17(22)19-15-6-5-13(18)9-16(15)21-7-3-4-8-21/h3-9H,10H2,1-2H3,(H,19,22). The molecule has 0 spiro atoms. The molecule has 0 atom stereocenters. The number of anilines is 1. The largest absolute Gasteiger partial charge is 0.361 e. The quantitative estimate of drug-likeness (QED) is 0.803. The number of nitrogens with one attached hydrogen (secondary N) is 1. The molecule has 23 heavy (non-hydrogen) atoms. The van der Waals surface area contributed by atoms with Crippen molar-refractivity contribution in [2.75, 3.05) is 5.32 Å². The van der Waals surface area contributed by atoms with Crippen molar-refractivity contribution in [3.05, 3.63) is 65.6 Å². The van der Waals surface area contributed by atoms with E-state index in [1.54, 1.807) is 36.9 Å². The molecule has 5 nitrogen and oxygen atoms in total. The number of hydrogen-bond donors (Lipinski definition) is 1. The minimum Gasteiger partial charge on any atom is -0.361 e. The smallest absolute Gasteiger partial charge is 0.229 e. The van der Waals surface area contributed by atoms with Gasteiger partial charge in [-0.1, -0.05) is 5.16 Å². The lowest BCUT2D eigenvalue weighted by Gasteiger charge is -2.12. The minimum atomic E-state index is -0.363. The van der Waals surface area contributed by atoms with Gasteiger partial charge in [0.15, 0.2) is 0 Å². The van der Waals surface area contributed by atoms with Crippen molar-refractivity contribution in [2.45, 2.75) is 20.3 Å². The first-order valence-electron chi connectivity index (χ1n) is 7.19. The van der Waals surface area contributed by atoms with E-state index in [2.05, 4.69) is 10.5 Å². The maximum Gasteiger partial charge on any atom is 0.229 e. The molecule has 1 amide bonds. The Labute approximate surface area is 132 Å². The van der Waals surface area contributed by atoms with Crippen molar-refractivity contribution in [3.8, 4) is 5.69 Å². The summed E-state index contributed by atoms with van der Waals surface area (Å²) in [4.78, 5) is 12.3. The van der Waals surface area contributed by atoms with Gasteiger partial charge in [-0.3, -0.25) is 4.79 Å². The molecular weight excluding hydrogens is 297 g/mol. The van der Waals surface area contributed by atoms with Crippen LogP contribution < -0.4 is 5.32 Å². The summed E-state index contributed by atoms with van der Waals surface area (Å²) < 4.78 is 20.3. The first-order valence-corrected chi connectivity index (χ1v) is 7.19. The van der Waals surface area contributed by atoms with Crippen molar-refractivity contribution < 1.29 is 13.7 Å². The molecule has 3 rings (SSSR count). The summed E-state index contributed by atoms with van der Waals surface area (Å²) in [6.45, 7) is 3.56. The Kier molecular flexibility index (Phi) is 3.97. The van der Waals surface area contributed by atoms with Crippen LogP contribution in [0.15, 0.2) is 47.2 Å². The van der Waals surface area contributed by atoms with E-state index in [0.29, 0.717) is 22.8 Å². The molecule has 0 aliphatic carbocycles. The lowest BCUT2D eigenvalue weighted by Crippen LogP contribution is -2.16. The van der Waals surface area contributed by atoms with E-state index in [-0.39, 0.29) is 18.1 Å². The monoisotopic (exact) mass is 313 g/mol. The van der Waals surface area contributed by atoms with Crippen molar-refractivity contribution in [1.82, 2.24) is 9.72 Å². The lowest BCUT2D eigenvalue weighted by molar-refractivity contribution is -0.115. The maximum atomic E-state index is 13.5. The summed E-state index contributed by atoms with van der Waals surface area (Å²) in [5.74, 6) is 0.0548. The first kappa shape index (κ1) is 15.0. The molecule has 1 N–H and O–H groups in total. The Balaban J connectivity index is 1.84. The summed E-state index contributed by atoms with van der Waals surface area (Å²) in [6, 6.07) is 7.92. The fraction of sp³-hybridized carbons (Fsp3) is 0.176. The lowest BCUT2D eigenvalue weighted by atomic mass is 10.1. The third-order valence-electron chi connectivity index (χ3n) is 3.64. The number of nitrogens with zero attached hydrogens (tertiary/aromatic N) is 2. The maximum absolute atomic E-state index is 13.5. The van der Waals surface area contributed by atoms with Crippen LogP contribution in [0.1, 0.15) is 17.0 Å². The Hall–Kier alpha value is -2.89. The van der Waals surface area contributed by atoms with Gasteiger partial charge in [0, 0.05) is 18.0 Å². The molecule has 2 aromatic heterocycles. The highest BCUT2D eigenvalue weighted by molar-refractivity contribution is 5.94. The molecule has 1 aromatic carbocycles. The fourth-order valence-corrected chi connectivity index (χ4v) is 2.43. The Morgan fingerprint density at radius 1 is 1.30 bits per heavy atom. The highest BCUT2D eigenvalue weighted by Crippen LogP contribution is 2.22. The molecule has 3 aromatic rings. The highest BCUT2D eigenvalue weighted by Gasteiger charge is 2.15. The van der Waals surface area contributed by atoms with E-state index in [9.17, 15) is 9.18 Å². The molecule has 118 valence electrons. The van der Waals surface area contributed by atoms with Crippen LogP contribution in [0.4, 0.5) is 10.1 Å². The predicted molar refractivity (Wildman–Crippen MR) is 84.0 cm³/mol. The van der Waals surface area contributed by atoms with Crippen LogP contribution in [0.3, 0.4) is 0 Å². The third-order valence-corrected chi connectivity index (χ3v) is 3.64. The van der Waals surface area contributed by atoms with Crippen molar-refractivity contribution >= 4 is 11.6 Å². The molecule has 0 aliphatic rings. The zero-order valence-corrected chi connectivity index (χ0v) is 12.8. The zero-order chi connectivity index (χ0) is 16.4. The van der Waals surface area contributed by atoms with Crippen molar-refractivity contribution in [3.63, 3.8) is 0 Å². The molecular formula is C17H16FN3O2. The van der Waals surface area contributed by atoms with E-state index in [4.69, 9.17) is 4.52 Å². The number of halogens is 1. The average molecular weight is 313 g/mol. The van der Waals surface area contributed by atoms with Crippen LogP contribution in [0.5, 0.6) is 0 Å². The molecule has 0 radical (unpaired) electrons. The van der Waals surface area contributed by atoms with Gasteiger partial charge in [-0.05, 0) is 44.2 Å². The summed E-state index contributed by atoms with van der Waals surface area (Å²) in [6.07, 6.45) is 3.74. The van der Waals surface area contributed by atoms with Crippen molar-refractivity contribution in [1.29, 1.82) is 0 Å². The molecule has 2 heterocycles. The summed E-state index contributed by atoms with van der Waals surface area (Å²) in [7, 11) is 0. The third kappa shape index (κ3) is 3.15. The second-order valence-corrected chi connectivity index (χ2v) is 5.28. The second-order valence-electron chi connectivity index (χ2n) is 5.28. The zero-order valence-electron chi connectivity index (χ0n) is 12.8. The summed E-state index contributed by atoms with van der Waals surface area (Å²) in [5, 5.41) is 6.66. The van der Waals surface area contributed by atoms with Gasteiger partial charge in [-0.25, -0.2) is 4.39 Å². The van der Waals surface area contributed by atoms with Gasteiger partial charge >= 0.3 is 0 Å². The van der Waals surface area contributed by atoms with Gasteiger partial charge in [0.25, 0.3) is 0 Å². The Morgan fingerprint density at radius 3 is 2.70 bits per heavy atom. The van der Waals surface area contributed by atoms with Gasteiger partial charge in [0.05, 0.1) is 23.5 Å². The molecule has 0 aliphatic heterocycles. The van der Waals surface area contributed by atoms with E-state index < -0.39 is 0 Å². The first-order chi connectivity index (χ1) is 11.0. The average Bonchev–Trinajstić information content (AvgIpc) is 3.15. The SMILES string of the molecule is Cc1noc(C)c1CC(=O)Nc1ccc(F)cc1-n1cccc1. The van der Waals surface area contributed by atoms with E-state index >= 15 is 0 Å². The van der Waals surface area contributed by atoms with Gasteiger partial charge in [0.2, 0.25) is 5.91 Å². The van der Waals surface area contributed by atoms with E-state index in [1.807, 2.05) is 12.1 Å². The predicted octanol–water partition coefficient (Wildman–Crippen LogP) is 3.40. The number of carbonyl (C=O) groups is 1. The molecule has 0 saturated heterocycles. The van der Waals surface area contributed by atoms with Crippen LogP contribution in [0, 0.1) is 19.7 Å². The number of carbonyl (C=O) groups excluding carboxylic acids is 1. The van der Waals surface area contributed by atoms with Gasteiger partial charge in [0.1, 0.15) is 11.6 Å². The molecule has 6 heteroatoms. The van der Waals surface area contributed by atoms with E-state index in [1.165, 1.54) is 12.1 Å². The van der Waals surface area contributed by atoms with Crippen LogP contribution in [0.2, 0.25) is 0 Å². The van der Waals surface area contributed by atoms with Gasteiger partial charge in [-0.2, -0.15) is 0 Å². The number of benzene rings is 1. The minimum absolute atomic E-state index is 0.156. The topological polar surface area (TPSA) is 60.1 Å². The molecule has 0 fully saturated rings. The second kappa shape index (κ2) is 6.08. The van der Waals surface area contributed by atoms with Crippen molar-refractivity contribution in [2.24, 2.45) is 0 Å². The number of aryl methyl sites for hydroxylation is 2. The number of aromatic nitrogens is 2. The van der Waals surface area contributed by atoms with Gasteiger partial charge < -0.3 is 14.4 Å². The normalized spacial score (nSPS) is 10.7. The van der Waals surface area contributed by atoms with Crippen LogP contribution in [0.25, 0.3) is 5.69 Å².